The van der Waals surface area contributed by atoms with Gasteiger partial charge in [-0.3, -0.25) is 0 Å². The number of halogens is 1. The van der Waals surface area contributed by atoms with Crippen LogP contribution in [0.4, 0.5) is 0 Å². The minimum absolute atomic E-state index is 0.0192. The molecular weight excluding hydrogens is 282 g/mol. The molecule has 0 aliphatic heterocycles. The van der Waals surface area contributed by atoms with Gasteiger partial charge in [-0.15, -0.1) is 11.6 Å². The van der Waals surface area contributed by atoms with Crippen molar-refractivity contribution in [2.45, 2.75) is 59.3 Å². The quantitative estimate of drug-likeness (QED) is 0.763. The molecule has 0 aromatic rings. The summed E-state index contributed by atoms with van der Waals surface area (Å²) in [6, 6.07) is 0. The van der Waals surface area contributed by atoms with Crippen LogP contribution in [-0.2, 0) is 10.0 Å². The second kappa shape index (κ2) is 6.77. The smallest absolute Gasteiger partial charge is 0.211 e. The zero-order chi connectivity index (χ0) is 14.6. The molecule has 1 fully saturated rings. The Morgan fingerprint density at radius 1 is 1.16 bits per heavy atom. The van der Waals surface area contributed by atoms with E-state index in [1.807, 2.05) is 0 Å². The lowest BCUT2D eigenvalue weighted by atomic mass is 9.76. The second-order valence-electron chi connectivity index (χ2n) is 7.14. The van der Waals surface area contributed by atoms with Gasteiger partial charge in [0, 0.05) is 12.4 Å². The maximum Gasteiger partial charge on any atom is 0.211 e. The Hall–Kier alpha value is 0.200. The molecule has 1 aliphatic rings. The van der Waals surface area contributed by atoms with E-state index in [0.717, 1.165) is 25.7 Å². The lowest BCUT2D eigenvalue weighted by molar-refractivity contribution is 0.223. The van der Waals surface area contributed by atoms with E-state index >= 15 is 0 Å². The average Bonchev–Trinajstić information content (AvgIpc) is 2.35. The van der Waals surface area contributed by atoms with Gasteiger partial charge in [-0.2, -0.15) is 0 Å². The zero-order valence-electron chi connectivity index (χ0n) is 12.5. The van der Waals surface area contributed by atoms with Crippen LogP contribution in [0.3, 0.4) is 0 Å². The average molecular weight is 310 g/mol. The first-order valence-corrected chi connectivity index (χ1v) is 9.40. The van der Waals surface area contributed by atoms with Crippen molar-refractivity contribution in [1.29, 1.82) is 0 Å². The number of nitrogens with one attached hydrogen (secondary N) is 1. The molecule has 0 radical (unpaired) electrons. The Morgan fingerprint density at radius 3 is 2.21 bits per heavy atom. The van der Waals surface area contributed by atoms with Crippen molar-refractivity contribution in [2.24, 2.45) is 10.8 Å². The Morgan fingerprint density at radius 2 is 1.74 bits per heavy atom. The highest BCUT2D eigenvalue weighted by Gasteiger charge is 2.32. The summed E-state index contributed by atoms with van der Waals surface area (Å²) in [5.74, 6) is 0.754. The van der Waals surface area contributed by atoms with Gasteiger partial charge in [0.05, 0.1) is 5.75 Å². The van der Waals surface area contributed by atoms with Crippen molar-refractivity contribution >= 4 is 21.6 Å². The fourth-order valence-electron chi connectivity index (χ4n) is 2.44. The van der Waals surface area contributed by atoms with Gasteiger partial charge in [0.25, 0.3) is 0 Å². The molecule has 19 heavy (non-hydrogen) atoms. The summed E-state index contributed by atoms with van der Waals surface area (Å²) in [7, 11) is -3.17. The fraction of sp³-hybridized carbons (Fsp3) is 1.00. The predicted molar refractivity (Wildman–Crippen MR) is 82.1 cm³/mol. The summed E-state index contributed by atoms with van der Waals surface area (Å²) in [6.45, 7) is 6.68. The monoisotopic (exact) mass is 309 g/mol. The van der Waals surface area contributed by atoms with Crippen LogP contribution in [0, 0.1) is 10.8 Å². The highest BCUT2D eigenvalue weighted by molar-refractivity contribution is 7.89. The molecule has 0 atom stereocenters. The van der Waals surface area contributed by atoms with Crippen LogP contribution in [0.5, 0.6) is 0 Å². The molecule has 1 N–H and O–H groups in total. The minimum atomic E-state index is -3.17. The van der Waals surface area contributed by atoms with Crippen molar-refractivity contribution in [3.63, 3.8) is 0 Å². The maximum atomic E-state index is 12.0. The summed E-state index contributed by atoms with van der Waals surface area (Å²) >= 11 is 6.08. The Kier molecular flexibility index (Phi) is 6.15. The van der Waals surface area contributed by atoms with Gasteiger partial charge in [0.2, 0.25) is 10.0 Å². The third-order valence-corrected chi connectivity index (χ3v) is 5.88. The molecule has 0 saturated heterocycles. The van der Waals surface area contributed by atoms with E-state index in [4.69, 9.17) is 11.6 Å². The third-order valence-electron chi connectivity index (χ3n) is 3.99. The van der Waals surface area contributed by atoms with Crippen molar-refractivity contribution in [2.75, 3.05) is 18.2 Å². The van der Waals surface area contributed by atoms with Gasteiger partial charge in [-0.25, -0.2) is 13.1 Å². The second-order valence-corrected chi connectivity index (χ2v) is 9.34. The summed E-state index contributed by atoms with van der Waals surface area (Å²) in [4.78, 5) is 0. The molecule has 1 aliphatic carbocycles. The summed E-state index contributed by atoms with van der Waals surface area (Å²) < 4.78 is 26.8. The van der Waals surface area contributed by atoms with E-state index < -0.39 is 10.0 Å². The van der Waals surface area contributed by atoms with Crippen LogP contribution in [0.2, 0.25) is 0 Å². The molecule has 1 saturated carbocycles. The van der Waals surface area contributed by atoms with E-state index in [1.165, 1.54) is 6.42 Å². The van der Waals surface area contributed by atoms with Crippen molar-refractivity contribution in [1.82, 2.24) is 4.72 Å². The molecule has 0 aromatic carbocycles. The van der Waals surface area contributed by atoms with Crippen LogP contribution in [0.1, 0.15) is 59.3 Å². The van der Waals surface area contributed by atoms with Gasteiger partial charge < -0.3 is 0 Å². The molecule has 1 rings (SSSR count). The third kappa shape index (κ3) is 6.46. The lowest BCUT2D eigenvalue weighted by Gasteiger charge is -2.35. The molecule has 5 heteroatoms. The molecule has 0 spiro atoms. The normalized spacial score (nSPS) is 20.4. The number of hydrogen-bond acceptors (Lipinski definition) is 2. The van der Waals surface area contributed by atoms with E-state index in [1.54, 1.807) is 0 Å². The van der Waals surface area contributed by atoms with Gasteiger partial charge in [0.1, 0.15) is 0 Å². The number of alkyl halides is 1. The maximum absolute atomic E-state index is 12.0. The first-order valence-electron chi connectivity index (χ1n) is 7.21. The van der Waals surface area contributed by atoms with Crippen LogP contribution >= 0.6 is 11.6 Å². The van der Waals surface area contributed by atoms with E-state index in [0.29, 0.717) is 18.8 Å². The minimum Gasteiger partial charge on any atom is -0.215 e. The van der Waals surface area contributed by atoms with E-state index in [-0.39, 0.29) is 16.6 Å². The highest BCUT2D eigenvalue weighted by Crippen LogP contribution is 2.36. The SMILES string of the molecule is CC(C)(C)CCS(=O)(=O)NCC1(CCl)CCCCC1. The standard InChI is InChI=1S/C14H28ClNO2S/c1-13(2,3)9-10-19(17,18)16-12-14(11-15)7-5-4-6-8-14/h16H,4-12H2,1-3H3. The molecule has 114 valence electrons. The predicted octanol–water partition coefficient (Wildman–Crippen LogP) is 3.53. The van der Waals surface area contributed by atoms with E-state index in [2.05, 4.69) is 25.5 Å². The fourth-order valence-corrected chi connectivity index (χ4v) is 4.35. The first-order chi connectivity index (χ1) is 8.68. The number of sulfonamides is 1. The van der Waals surface area contributed by atoms with Crippen LogP contribution in [0.15, 0.2) is 0 Å². The molecule has 0 heterocycles. The van der Waals surface area contributed by atoms with Crippen LogP contribution in [0.25, 0.3) is 0 Å². The van der Waals surface area contributed by atoms with E-state index in [9.17, 15) is 8.42 Å². The van der Waals surface area contributed by atoms with Gasteiger partial charge in [0.15, 0.2) is 0 Å². The Bertz CT molecular complexity index is 367. The molecular formula is C14H28ClNO2S. The highest BCUT2D eigenvalue weighted by atomic mass is 35.5. The summed E-state index contributed by atoms with van der Waals surface area (Å²) in [6.07, 6.45) is 6.33. The Balaban J connectivity index is 2.49. The van der Waals surface area contributed by atoms with Gasteiger partial charge in [-0.05, 0) is 30.1 Å². The number of hydrogen-bond donors (Lipinski definition) is 1. The molecule has 0 unspecified atom stereocenters. The molecule has 0 bridgehead atoms. The lowest BCUT2D eigenvalue weighted by Crippen LogP contribution is -2.41. The summed E-state index contributed by atoms with van der Waals surface area (Å²) in [5.41, 5.74) is 0.0262. The van der Waals surface area contributed by atoms with Crippen molar-refractivity contribution in [3.8, 4) is 0 Å². The largest absolute Gasteiger partial charge is 0.215 e. The topological polar surface area (TPSA) is 46.2 Å². The van der Waals surface area contributed by atoms with Crippen LogP contribution in [-0.4, -0.2) is 26.6 Å². The van der Waals surface area contributed by atoms with Crippen molar-refractivity contribution in [3.05, 3.63) is 0 Å². The summed E-state index contributed by atoms with van der Waals surface area (Å²) in [5, 5.41) is 0. The molecule has 0 amide bonds. The molecule has 0 aromatic heterocycles. The molecule has 3 nitrogen and oxygen atoms in total. The Labute approximate surface area is 123 Å². The van der Waals surface area contributed by atoms with Crippen LogP contribution < -0.4 is 4.72 Å². The van der Waals surface area contributed by atoms with Gasteiger partial charge in [-0.1, -0.05) is 40.0 Å². The van der Waals surface area contributed by atoms with Gasteiger partial charge >= 0.3 is 0 Å². The number of rotatable bonds is 6. The zero-order valence-corrected chi connectivity index (χ0v) is 14.0. The van der Waals surface area contributed by atoms with Crippen molar-refractivity contribution < 1.29 is 8.42 Å². The first kappa shape index (κ1) is 17.3.